The molecular weight excluding hydrogens is 406 g/mol. The summed E-state index contributed by atoms with van der Waals surface area (Å²) in [6.07, 6.45) is 4.11. The van der Waals surface area contributed by atoms with Crippen molar-refractivity contribution in [2.75, 3.05) is 32.8 Å². The van der Waals surface area contributed by atoms with E-state index in [4.69, 9.17) is 10.5 Å². The highest BCUT2D eigenvalue weighted by atomic mass is 35.5. The van der Waals surface area contributed by atoms with Gasteiger partial charge in [0.1, 0.15) is 0 Å². The fraction of sp³-hybridized carbons (Fsp3) is 0.476. The molecule has 1 aromatic heterocycles. The second-order valence-electron chi connectivity index (χ2n) is 7.14. The Morgan fingerprint density at radius 2 is 2.07 bits per heavy atom. The molecule has 9 heteroatoms. The number of nitrogens with two attached hydrogens (primary N) is 1. The van der Waals surface area contributed by atoms with E-state index in [1.165, 1.54) is 0 Å². The molecule has 0 bridgehead atoms. The van der Waals surface area contributed by atoms with Crippen LogP contribution in [-0.2, 0) is 4.79 Å². The topological polar surface area (TPSA) is 102 Å². The molecule has 1 aliphatic rings. The number of benzene rings is 1. The van der Waals surface area contributed by atoms with E-state index in [-0.39, 0.29) is 35.8 Å². The number of nitrogens with one attached hydrogen (secondary N) is 1. The van der Waals surface area contributed by atoms with Gasteiger partial charge in [0.25, 0.3) is 5.91 Å². The number of aromatic nitrogens is 2. The summed E-state index contributed by atoms with van der Waals surface area (Å²) in [5, 5.41) is 7.33. The lowest BCUT2D eigenvalue weighted by molar-refractivity contribution is -0.126. The van der Waals surface area contributed by atoms with Crippen molar-refractivity contribution in [3.05, 3.63) is 42.2 Å². The van der Waals surface area contributed by atoms with Gasteiger partial charge < -0.3 is 20.7 Å². The standard InChI is InChI=1S/C21H29N5O3.ClH/c1-2-13-29-18-15-26(17-8-4-3-5-9-17)24-19(18)21(28)25-12-6-7-16(14-25)20(27)23-11-10-22;/h3-5,8-9,15-16H,2,6-7,10-14,22H2,1H3,(H,23,27);1H. The summed E-state index contributed by atoms with van der Waals surface area (Å²) in [5.41, 5.74) is 6.60. The molecule has 0 saturated carbocycles. The molecule has 1 fully saturated rings. The zero-order valence-electron chi connectivity index (χ0n) is 17.3. The predicted molar refractivity (Wildman–Crippen MR) is 117 cm³/mol. The zero-order valence-corrected chi connectivity index (χ0v) is 18.1. The average molecular weight is 436 g/mol. The minimum absolute atomic E-state index is 0. The van der Waals surface area contributed by atoms with Gasteiger partial charge in [-0.3, -0.25) is 9.59 Å². The van der Waals surface area contributed by atoms with Gasteiger partial charge in [-0.25, -0.2) is 4.68 Å². The van der Waals surface area contributed by atoms with E-state index >= 15 is 0 Å². The Kier molecular flexibility index (Phi) is 9.14. The third-order valence-corrected chi connectivity index (χ3v) is 4.89. The van der Waals surface area contributed by atoms with Gasteiger partial charge in [-0.05, 0) is 31.4 Å². The molecule has 0 radical (unpaired) electrons. The van der Waals surface area contributed by atoms with Crippen LogP contribution >= 0.6 is 12.4 Å². The van der Waals surface area contributed by atoms with Crippen LogP contribution in [0.25, 0.3) is 5.69 Å². The maximum absolute atomic E-state index is 13.2. The number of amides is 2. The Hall–Kier alpha value is -2.58. The van der Waals surface area contributed by atoms with E-state index in [1.54, 1.807) is 15.8 Å². The van der Waals surface area contributed by atoms with Crippen LogP contribution in [0.1, 0.15) is 36.7 Å². The first kappa shape index (κ1) is 23.7. The van der Waals surface area contributed by atoms with Gasteiger partial charge in [-0.2, -0.15) is 5.10 Å². The molecule has 2 amide bonds. The first-order valence-corrected chi connectivity index (χ1v) is 10.2. The van der Waals surface area contributed by atoms with E-state index in [0.29, 0.717) is 38.5 Å². The lowest BCUT2D eigenvalue weighted by Gasteiger charge is -2.31. The molecule has 0 spiro atoms. The van der Waals surface area contributed by atoms with Gasteiger partial charge in [0.05, 0.1) is 24.4 Å². The summed E-state index contributed by atoms with van der Waals surface area (Å²) >= 11 is 0. The smallest absolute Gasteiger partial charge is 0.278 e. The summed E-state index contributed by atoms with van der Waals surface area (Å²) in [6, 6.07) is 9.60. The number of rotatable bonds is 8. The van der Waals surface area contributed by atoms with Crippen molar-refractivity contribution < 1.29 is 14.3 Å². The van der Waals surface area contributed by atoms with Crippen molar-refractivity contribution in [1.82, 2.24) is 20.0 Å². The SMILES string of the molecule is CCCOc1cn(-c2ccccc2)nc1C(=O)N1CCCC(C(=O)NCCN)C1.Cl. The number of nitrogens with zero attached hydrogens (tertiary/aromatic N) is 3. The number of piperidine rings is 1. The van der Waals surface area contributed by atoms with E-state index < -0.39 is 0 Å². The van der Waals surface area contributed by atoms with Crippen LogP contribution < -0.4 is 15.8 Å². The zero-order chi connectivity index (χ0) is 20.6. The largest absolute Gasteiger partial charge is 0.489 e. The molecule has 8 nitrogen and oxygen atoms in total. The van der Waals surface area contributed by atoms with Gasteiger partial charge in [-0.15, -0.1) is 12.4 Å². The molecule has 3 N–H and O–H groups in total. The molecular formula is C21H30ClN5O3. The van der Waals surface area contributed by atoms with Crippen molar-refractivity contribution in [2.24, 2.45) is 11.7 Å². The average Bonchev–Trinajstić information content (AvgIpc) is 3.20. The Labute approximate surface area is 183 Å². The number of likely N-dealkylation sites (tertiary alicyclic amines) is 1. The van der Waals surface area contributed by atoms with Gasteiger partial charge in [0.15, 0.2) is 11.4 Å². The summed E-state index contributed by atoms with van der Waals surface area (Å²) in [7, 11) is 0. The minimum Gasteiger partial charge on any atom is -0.489 e. The van der Waals surface area contributed by atoms with Crippen LogP contribution in [0.5, 0.6) is 5.75 Å². The summed E-state index contributed by atoms with van der Waals surface area (Å²) in [5.74, 6) is -0.0155. The Balaban J connectivity index is 0.00000320. The lowest BCUT2D eigenvalue weighted by Crippen LogP contribution is -2.46. The molecule has 1 saturated heterocycles. The summed E-state index contributed by atoms with van der Waals surface area (Å²) in [6.45, 7) is 4.34. The highest BCUT2D eigenvalue weighted by Crippen LogP contribution is 2.25. The molecule has 30 heavy (non-hydrogen) atoms. The fourth-order valence-electron chi connectivity index (χ4n) is 3.40. The van der Waals surface area contributed by atoms with E-state index in [1.807, 2.05) is 37.3 Å². The molecule has 1 aromatic carbocycles. The predicted octanol–water partition coefficient (Wildman–Crippen LogP) is 2.01. The quantitative estimate of drug-likeness (QED) is 0.660. The third kappa shape index (κ3) is 5.73. The lowest BCUT2D eigenvalue weighted by atomic mass is 9.97. The Morgan fingerprint density at radius 1 is 1.30 bits per heavy atom. The van der Waals surface area contributed by atoms with Crippen LogP contribution in [0.15, 0.2) is 36.5 Å². The van der Waals surface area contributed by atoms with Gasteiger partial charge >= 0.3 is 0 Å². The molecule has 0 aliphatic carbocycles. The molecule has 1 aliphatic heterocycles. The van der Waals surface area contributed by atoms with Crippen molar-refractivity contribution in [2.45, 2.75) is 26.2 Å². The highest BCUT2D eigenvalue weighted by Gasteiger charge is 2.31. The van der Waals surface area contributed by atoms with Gasteiger partial charge in [-0.1, -0.05) is 25.1 Å². The minimum atomic E-state index is -0.226. The van der Waals surface area contributed by atoms with Gasteiger partial charge in [0, 0.05) is 26.2 Å². The summed E-state index contributed by atoms with van der Waals surface area (Å²) in [4.78, 5) is 27.2. The Morgan fingerprint density at radius 3 is 2.77 bits per heavy atom. The van der Waals surface area contributed by atoms with Crippen LogP contribution in [-0.4, -0.2) is 59.3 Å². The number of hydrogen-bond donors (Lipinski definition) is 2. The monoisotopic (exact) mass is 435 g/mol. The normalized spacial score (nSPS) is 15.9. The number of carbonyl (C=O) groups is 2. The Bertz CT molecular complexity index is 827. The van der Waals surface area contributed by atoms with E-state index in [2.05, 4.69) is 10.4 Å². The highest BCUT2D eigenvalue weighted by molar-refractivity contribution is 5.95. The van der Waals surface area contributed by atoms with E-state index in [9.17, 15) is 9.59 Å². The second-order valence-corrected chi connectivity index (χ2v) is 7.14. The first-order valence-electron chi connectivity index (χ1n) is 10.2. The van der Waals surface area contributed by atoms with Crippen LogP contribution in [0.2, 0.25) is 0 Å². The number of ether oxygens (including phenoxy) is 1. The molecule has 1 unspecified atom stereocenters. The van der Waals surface area contributed by atoms with Crippen LogP contribution in [0, 0.1) is 5.92 Å². The molecule has 1 atom stereocenters. The molecule has 3 rings (SSSR count). The molecule has 2 heterocycles. The fourth-order valence-corrected chi connectivity index (χ4v) is 3.40. The maximum Gasteiger partial charge on any atom is 0.278 e. The molecule has 164 valence electrons. The van der Waals surface area contributed by atoms with Crippen molar-refractivity contribution >= 4 is 24.2 Å². The molecule has 2 aromatic rings. The number of hydrogen-bond acceptors (Lipinski definition) is 5. The maximum atomic E-state index is 13.2. The van der Waals surface area contributed by atoms with E-state index in [0.717, 1.165) is 24.9 Å². The van der Waals surface area contributed by atoms with Crippen LogP contribution in [0.4, 0.5) is 0 Å². The third-order valence-electron chi connectivity index (χ3n) is 4.89. The first-order chi connectivity index (χ1) is 14.1. The summed E-state index contributed by atoms with van der Waals surface area (Å²) < 4.78 is 7.46. The van der Waals surface area contributed by atoms with Crippen molar-refractivity contribution in [3.8, 4) is 11.4 Å². The van der Waals surface area contributed by atoms with Crippen molar-refractivity contribution in [1.29, 1.82) is 0 Å². The number of para-hydroxylation sites is 1. The number of carbonyl (C=O) groups excluding carboxylic acids is 2. The van der Waals surface area contributed by atoms with Gasteiger partial charge in [0.2, 0.25) is 5.91 Å². The van der Waals surface area contributed by atoms with Crippen LogP contribution in [0.3, 0.4) is 0 Å². The number of halogens is 1. The van der Waals surface area contributed by atoms with Crippen molar-refractivity contribution in [3.63, 3.8) is 0 Å². The second kappa shape index (κ2) is 11.6.